The molecule has 0 aromatic heterocycles. The number of alkyl halides is 1. The lowest BCUT2D eigenvalue weighted by Crippen LogP contribution is -2.10. The first-order valence-electron chi connectivity index (χ1n) is 6.89. The van der Waals surface area contributed by atoms with Gasteiger partial charge in [0.25, 0.3) is 0 Å². The van der Waals surface area contributed by atoms with Gasteiger partial charge in [-0.1, -0.05) is 58.8 Å². The molecule has 0 amide bonds. The Labute approximate surface area is 101 Å². The fourth-order valence-electron chi connectivity index (χ4n) is 2.79. The van der Waals surface area contributed by atoms with Crippen LogP contribution in [-0.4, -0.2) is 5.38 Å². The van der Waals surface area contributed by atoms with E-state index in [0.717, 1.165) is 11.8 Å². The van der Waals surface area contributed by atoms with Gasteiger partial charge in [-0.2, -0.15) is 0 Å². The maximum Gasteiger partial charge on any atom is 0.0364 e. The van der Waals surface area contributed by atoms with Gasteiger partial charge in [0, 0.05) is 5.38 Å². The molecular weight excluding hydrogens is 204 g/mol. The van der Waals surface area contributed by atoms with Crippen LogP contribution in [-0.2, 0) is 0 Å². The Morgan fingerprint density at radius 1 is 1.00 bits per heavy atom. The Kier molecular flexibility index (Phi) is 6.72. The third-order valence-electron chi connectivity index (χ3n) is 4.06. The molecule has 0 radical (unpaired) electrons. The summed E-state index contributed by atoms with van der Waals surface area (Å²) < 4.78 is 0. The van der Waals surface area contributed by atoms with E-state index in [1.807, 2.05) is 0 Å². The highest BCUT2D eigenvalue weighted by Gasteiger charge is 2.30. The van der Waals surface area contributed by atoms with Gasteiger partial charge in [0.15, 0.2) is 0 Å². The van der Waals surface area contributed by atoms with Gasteiger partial charge in [-0.05, 0) is 24.7 Å². The van der Waals surface area contributed by atoms with E-state index in [1.54, 1.807) is 0 Å². The third kappa shape index (κ3) is 4.76. The maximum absolute atomic E-state index is 6.24. The van der Waals surface area contributed by atoms with E-state index in [-0.39, 0.29) is 0 Å². The Bertz CT molecular complexity index is 155. The predicted molar refractivity (Wildman–Crippen MR) is 69.5 cm³/mol. The van der Waals surface area contributed by atoms with Crippen LogP contribution in [0.2, 0.25) is 0 Å². The molecule has 3 unspecified atom stereocenters. The predicted octanol–water partition coefficient (Wildman–Crippen LogP) is 5.39. The molecule has 0 aromatic carbocycles. The molecule has 0 aromatic rings. The van der Waals surface area contributed by atoms with Crippen molar-refractivity contribution < 1.29 is 0 Å². The summed E-state index contributed by atoms with van der Waals surface area (Å²) in [4.78, 5) is 0. The fraction of sp³-hybridized carbons (Fsp3) is 1.00. The summed E-state index contributed by atoms with van der Waals surface area (Å²) >= 11 is 6.24. The van der Waals surface area contributed by atoms with Gasteiger partial charge in [0.05, 0.1) is 0 Å². The van der Waals surface area contributed by atoms with Crippen molar-refractivity contribution in [2.24, 2.45) is 11.8 Å². The van der Waals surface area contributed by atoms with Crippen LogP contribution in [0.5, 0.6) is 0 Å². The molecule has 1 aliphatic carbocycles. The fourth-order valence-corrected chi connectivity index (χ4v) is 3.12. The summed E-state index contributed by atoms with van der Waals surface area (Å²) in [5, 5.41) is 0.468. The molecule has 3 atom stereocenters. The van der Waals surface area contributed by atoms with Crippen LogP contribution < -0.4 is 0 Å². The van der Waals surface area contributed by atoms with Crippen molar-refractivity contribution in [1.82, 2.24) is 0 Å². The van der Waals surface area contributed by atoms with Crippen LogP contribution in [0, 0.1) is 11.8 Å². The maximum atomic E-state index is 6.24. The van der Waals surface area contributed by atoms with E-state index in [1.165, 1.54) is 57.8 Å². The second-order valence-corrected chi connectivity index (χ2v) is 5.83. The average molecular weight is 231 g/mol. The second-order valence-electron chi connectivity index (χ2n) is 5.27. The molecule has 0 nitrogen and oxygen atoms in total. The number of rotatable bonds is 7. The molecule has 0 aliphatic heterocycles. The normalized spacial score (nSPS) is 31.0. The van der Waals surface area contributed by atoms with Crippen LogP contribution >= 0.6 is 11.6 Å². The number of unbranched alkanes of at least 4 members (excludes halogenated alkanes) is 5. The summed E-state index contributed by atoms with van der Waals surface area (Å²) in [6.07, 6.45) is 12.6. The first-order chi connectivity index (χ1) is 7.25. The highest BCUT2D eigenvalue weighted by Crippen LogP contribution is 2.38. The molecule has 0 N–H and O–H groups in total. The minimum Gasteiger partial charge on any atom is -0.123 e. The van der Waals surface area contributed by atoms with Gasteiger partial charge < -0.3 is 0 Å². The quantitative estimate of drug-likeness (QED) is 0.406. The Morgan fingerprint density at radius 2 is 1.67 bits per heavy atom. The van der Waals surface area contributed by atoms with Crippen molar-refractivity contribution >= 4 is 11.6 Å². The van der Waals surface area contributed by atoms with Gasteiger partial charge >= 0.3 is 0 Å². The van der Waals surface area contributed by atoms with Crippen molar-refractivity contribution in [2.75, 3.05) is 0 Å². The van der Waals surface area contributed by atoms with E-state index in [2.05, 4.69) is 13.8 Å². The molecule has 1 aliphatic rings. The Balaban J connectivity index is 1.96. The zero-order valence-electron chi connectivity index (χ0n) is 10.5. The third-order valence-corrected chi connectivity index (χ3v) is 4.67. The molecule has 1 saturated carbocycles. The minimum atomic E-state index is 0.468. The first kappa shape index (κ1) is 13.4. The van der Waals surface area contributed by atoms with E-state index in [0.29, 0.717) is 5.38 Å². The van der Waals surface area contributed by atoms with E-state index < -0.39 is 0 Å². The monoisotopic (exact) mass is 230 g/mol. The molecule has 0 bridgehead atoms. The molecule has 0 spiro atoms. The standard InChI is InChI=1S/C14H27Cl/c1-3-4-5-6-7-8-9-13-10-11-14(15)12(13)2/h12-14H,3-11H2,1-2H3. The smallest absolute Gasteiger partial charge is 0.0364 e. The molecule has 90 valence electrons. The van der Waals surface area contributed by atoms with Crippen molar-refractivity contribution in [3.8, 4) is 0 Å². The molecular formula is C14H27Cl. The first-order valence-corrected chi connectivity index (χ1v) is 7.33. The summed E-state index contributed by atoms with van der Waals surface area (Å²) in [6.45, 7) is 4.62. The zero-order valence-corrected chi connectivity index (χ0v) is 11.2. The molecule has 0 saturated heterocycles. The van der Waals surface area contributed by atoms with Crippen molar-refractivity contribution in [2.45, 2.75) is 77.0 Å². The largest absolute Gasteiger partial charge is 0.123 e. The van der Waals surface area contributed by atoms with Crippen LogP contribution in [0.1, 0.15) is 71.6 Å². The number of hydrogen-bond acceptors (Lipinski definition) is 0. The van der Waals surface area contributed by atoms with Gasteiger partial charge in [-0.15, -0.1) is 11.6 Å². The molecule has 1 rings (SSSR count). The topological polar surface area (TPSA) is 0 Å². The number of halogens is 1. The van der Waals surface area contributed by atoms with Crippen LogP contribution in [0.15, 0.2) is 0 Å². The van der Waals surface area contributed by atoms with Gasteiger partial charge in [0.1, 0.15) is 0 Å². The van der Waals surface area contributed by atoms with Crippen molar-refractivity contribution in [1.29, 1.82) is 0 Å². The lowest BCUT2D eigenvalue weighted by Gasteiger charge is -2.16. The van der Waals surface area contributed by atoms with Crippen LogP contribution in [0.3, 0.4) is 0 Å². The van der Waals surface area contributed by atoms with Gasteiger partial charge in [-0.3, -0.25) is 0 Å². The van der Waals surface area contributed by atoms with E-state index in [4.69, 9.17) is 11.6 Å². The van der Waals surface area contributed by atoms with Gasteiger partial charge in [0.2, 0.25) is 0 Å². The summed E-state index contributed by atoms with van der Waals surface area (Å²) in [5.74, 6) is 1.70. The minimum absolute atomic E-state index is 0.468. The highest BCUT2D eigenvalue weighted by atomic mass is 35.5. The number of hydrogen-bond donors (Lipinski definition) is 0. The SMILES string of the molecule is CCCCCCCCC1CCC(Cl)C1C. The summed E-state index contributed by atoms with van der Waals surface area (Å²) in [7, 11) is 0. The summed E-state index contributed by atoms with van der Waals surface area (Å²) in [6, 6.07) is 0. The lowest BCUT2D eigenvalue weighted by atomic mass is 9.92. The van der Waals surface area contributed by atoms with Gasteiger partial charge in [-0.25, -0.2) is 0 Å². The zero-order chi connectivity index (χ0) is 11.1. The van der Waals surface area contributed by atoms with E-state index >= 15 is 0 Å². The molecule has 1 fully saturated rings. The molecule has 15 heavy (non-hydrogen) atoms. The Morgan fingerprint density at radius 3 is 2.27 bits per heavy atom. The van der Waals surface area contributed by atoms with Crippen LogP contribution in [0.25, 0.3) is 0 Å². The Hall–Kier alpha value is 0.290. The second kappa shape index (κ2) is 7.54. The van der Waals surface area contributed by atoms with Crippen LogP contribution in [0.4, 0.5) is 0 Å². The molecule has 0 heterocycles. The van der Waals surface area contributed by atoms with Crippen molar-refractivity contribution in [3.63, 3.8) is 0 Å². The average Bonchev–Trinajstić information content (AvgIpc) is 2.54. The van der Waals surface area contributed by atoms with Crippen molar-refractivity contribution in [3.05, 3.63) is 0 Å². The van der Waals surface area contributed by atoms with E-state index in [9.17, 15) is 0 Å². The molecule has 1 heteroatoms. The summed E-state index contributed by atoms with van der Waals surface area (Å²) in [5.41, 5.74) is 0. The lowest BCUT2D eigenvalue weighted by molar-refractivity contribution is 0.376. The highest BCUT2D eigenvalue weighted by molar-refractivity contribution is 6.20.